The molecule has 0 unspecified atom stereocenters. The molecule has 106 valence electrons. The zero-order valence-electron chi connectivity index (χ0n) is 11.4. The van der Waals surface area contributed by atoms with E-state index in [9.17, 15) is 0 Å². The Kier molecular flexibility index (Phi) is 4.74. The SMILES string of the molecule is COc1ccc(Br)c(COc2cc(OC)ccc2N)c1. The minimum atomic E-state index is 0.384. The van der Waals surface area contributed by atoms with Crippen molar-refractivity contribution in [1.29, 1.82) is 0 Å². The van der Waals surface area contributed by atoms with Gasteiger partial charge in [-0.05, 0) is 30.3 Å². The highest BCUT2D eigenvalue weighted by Crippen LogP contribution is 2.29. The van der Waals surface area contributed by atoms with Gasteiger partial charge in [0.2, 0.25) is 0 Å². The number of halogens is 1. The Morgan fingerprint density at radius 1 is 1.00 bits per heavy atom. The van der Waals surface area contributed by atoms with Crippen LogP contribution in [0.25, 0.3) is 0 Å². The summed E-state index contributed by atoms with van der Waals surface area (Å²) < 4.78 is 17.1. The summed E-state index contributed by atoms with van der Waals surface area (Å²) in [5.41, 5.74) is 7.44. The Bertz CT molecular complexity index is 548. The van der Waals surface area contributed by atoms with E-state index in [1.165, 1.54) is 0 Å². The fourth-order valence-corrected chi connectivity index (χ4v) is 2.07. The summed E-state index contributed by atoms with van der Waals surface area (Å²) in [6.07, 6.45) is 0. The molecule has 2 aromatic rings. The molecule has 0 aliphatic carbocycles. The number of rotatable bonds is 5. The Labute approximate surface area is 126 Å². The maximum Gasteiger partial charge on any atom is 0.146 e. The second kappa shape index (κ2) is 6.52. The van der Waals surface area contributed by atoms with E-state index < -0.39 is 0 Å². The molecule has 0 bridgehead atoms. The molecule has 20 heavy (non-hydrogen) atoms. The van der Waals surface area contributed by atoms with Crippen LogP contribution < -0.4 is 19.9 Å². The molecule has 5 heteroatoms. The average molecular weight is 338 g/mol. The lowest BCUT2D eigenvalue weighted by molar-refractivity contribution is 0.303. The predicted molar refractivity (Wildman–Crippen MR) is 82.4 cm³/mol. The maximum absolute atomic E-state index is 5.89. The number of nitrogen functional groups attached to an aromatic ring is 1. The highest BCUT2D eigenvalue weighted by Gasteiger charge is 2.06. The van der Waals surface area contributed by atoms with Gasteiger partial charge in [0.1, 0.15) is 23.9 Å². The number of hydrogen-bond acceptors (Lipinski definition) is 4. The molecule has 0 fully saturated rings. The molecule has 4 nitrogen and oxygen atoms in total. The summed E-state index contributed by atoms with van der Waals surface area (Å²) in [4.78, 5) is 0. The normalized spacial score (nSPS) is 10.2. The van der Waals surface area contributed by atoms with E-state index in [1.807, 2.05) is 18.2 Å². The van der Waals surface area contributed by atoms with Gasteiger partial charge in [-0.15, -0.1) is 0 Å². The Morgan fingerprint density at radius 3 is 2.35 bits per heavy atom. The van der Waals surface area contributed by atoms with Crippen molar-refractivity contribution in [3.63, 3.8) is 0 Å². The van der Waals surface area contributed by atoms with Gasteiger partial charge in [-0.2, -0.15) is 0 Å². The van der Waals surface area contributed by atoms with Gasteiger partial charge >= 0.3 is 0 Å². The van der Waals surface area contributed by atoms with Crippen LogP contribution in [0.3, 0.4) is 0 Å². The number of methoxy groups -OCH3 is 2. The lowest BCUT2D eigenvalue weighted by Crippen LogP contribution is -2.00. The van der Waals surface area contributed by atoms with E-state index in [2.05, 4.69) is 15.9 Å². The Hall–Kier alpha value is -1.88. The van der Waals surface area contributed by atoms with Crippen molar-refractivity contribution < 1.29 is 14.2 Å². The number of hydrogen-bond donors (Lipinski definition) is 1. The van der Waals surface area contributed by atoms with Gasteiger partial charge in [0.25, 0.3) is 0 Å². The van der Waals surface area contributed by atoms with Crippen molar-refractivity contribution in [3.05, 3.63) is 46.4 Å². The summed E-state index contributed by atoms with van der Waals surface area (Å²) in [5.74, 6) is 2.09. The largest absolute Gasteiger partial charge is 0.497 e. The van der Waals surface area contributed by atoms with Gasteiger partial charge in [0.05, 0.1) is 19.9 Å². The van der Waals surface area contributed by atoms with E-state index in [0.29, 0.717) is 23.8 Å². The van der Waals surface area contributed by atoms with Crippen molar-refractivity contribution in [2.24, 2.45) is 0 Å². The molecule has 0 amide bonds. The van der Waals surface area contributed by atoms with Crippen LogP contribution in [0.2, 0.25) is 0 Å². The zero-order valence-corrected chi connectivity index (χ0v) is 12.9. The van der Waals surface area contributed by atoms with Crippen LogP contribution in [0.5, 0.6) is 17.2 Å². The minimum Gasteiger partial charge on any atom is -0.497 e. The summed E-state index contributed by atoms with van der Waals surface area (Å²) in [6, 6.07) is 11.0. The lowest BCUT2D eigenvalue weighted by atomic mass is 10.2. The first-order valence-electron chi connectivity index (χ1n) is 6.02. The first-order valence-corrected chi connectivity index (χ1v) is 6.82. The summed E-state index contributed by atoms with van der Waals surface area (Å²) in [6.45, 7) is 0.384. The number of ether oxygens (including phenoxy) is 3. The highest BCUT2D eigenvalue weighted by atomic mass is 79.9. The highest BCUT2D eigenvalue weighted by molar-refractivity contribution is 9.10. The molecule has 0 spiro atoms. The van der Waals surface area contributed by atoms with Crippen LogP contribution in [0.1, 0.15) is 5.56 Å². The summed E-state index contributed by atoms with van der Waals surface area (Å²) in [5, 5.41) is 0. The van der Waals surface area contributed by atoms with E-state index in [4.69, 9.17) is 19.9 Å². The molecule has 2 aromatic carbocycles. The van der Waals surface area contributed by atoms with Crippen molar-refractivity contribution in [1.82, 2.24) is 0 Å². The second-order valence-electron chi connectivity index (χ2n) is 4.15. The zero-order chi connectivity index (χ0) is 14.5. The van der Waals surface area contributed by atoms with E-state index in [0.717, 1.165) is 15.8 Å². The van der Waals surface area contributed by atoms with Gasteiger partial charge in [-0.3, -0.25) is 0 Å². The smallest absolute Gasteiger partial charge is 0.146 e. The third kappa shape index (κ3) is 3.36. The predicted octanol–water partition coefficient (Wildman–Crippen LogP) is 3.63. The Balaban J connectivity index is 2.16. The monoisotopic (exact) mass is 337 g/mol. The lowest BCUT2D eigenvalue weighted by Gasteiger charge is -2.12. The molecule has 0 saturated carbocycles. The van der Waals surface area contributed by atoms with Crippen molar-refractivity contribution in [2.45, 2.75) is 6.61 Å². The molecule has 0 saturated heterocycles. The fraction of sp³-hybridized carbons (Fsp3) is 0.200. The third-order valence-corrected chi connectivity index (χ3v) is 3.63. The number of benzene rings is 2. The summed E-state index contributed by atoms with van der Waals surface area (Å²) >= 11 is 3.49. The molecule has 0 aliphatic rings. The van der Waals surface area contributed by atoms with Crippen LogP contribution in [0, 0.1) is 0 Å². The molecular formula is C15H16BrNO3. The molecule has 0 aliphatic heterocycles. The Morgan fingerprint density at radius 2 is 1.65 bits per heavy atom. The van der Waals surface area contributed by atoms with E-state index in [1.54, 1.807) is 32.4 Å². The summed E-state index contributed by atoms with van der Waals surface area (Å²) in [7, 11) is 3.24. The first kappa shape index (κ1) is 14.5. The standard InChI is InChI=1S/C15H16BrNO3/c1-18-11-3-5-13(16)10(7-11)9-20-15-8-12(19-2)4-6-14(15)17/h3-8H,9,17H2,1-2H3. The molecular weight excluding hydrogens is 322 g/mol. The fourth-order valence-electron chi connectivity index (χ4n) is 1.71. The molecule has 0 aromatic heterocycles. The van der Waals surface area contributed by atoms with Crippen molar-refractivity contribution in [3.8, 4) is 17.2 Å². The molecule has 2 N–H and O–H groups in total. The first-order chi connectivity index (χ1) is 9.63. The van der Waals surface area contributed by atoms with Crippen LogP contribution in [-0.4, -0.2) is 14.2 Å². The molecule has 0 heterocycles. The second-order valence-corrected chi connectivity index (χ2v) is 5.00. The maximum atomic E-state index is 5.89. The van der Waals surface area contributed by atoms with Crippen LogP contribution >= 0.6 is 15.9 Å². The average Bonchev–Trinajstić information content (AvgIpc) is 2.48. The molecule has 2 rings (SSSR count). The van der Waals surface area contributed by atoms with Crippen LogP contribution in [0.4, 0.5) is 5.69 Å². The van der Waals surface area contributed by atoms with Crippen LogP contribution in [-0.2, 0) is 6.61 Å². The van der Waals surface area contributed by atoms with Crippen LogP contribution in [0.15, 0.2) is 40.9 Å². The number of anilines is 1. The number of nitrogens with two attached hydrogens (primary N) is 1. The minimum absolute atomic E-state index is 0.384. The topological polar surface area (TPSA) is 53.7 Å². The van der Waals surface area contributed by atoms with E-state index >= 15 is 0 Å². The third-order valence-electron chi connectivity index (χ3n) is 2.86. The molecule has 0 radical (unpaired) electrons. The van der Waals surface area contributed by atoms with Crippen molar-refractivity contribution >= 4 is 21.6 Å². The van der Waals surface area contributed by atoms with Gasteiger partial charge in [-0.1, -0.05) is 15.9 Å². The molecule has 0 atom stereocenters. The van der Waals surface area contributed by atoms with Gasteiger partial charge < -0.3 is 19.9 Å². The van der Waals surface area contributed by atoms with Gasteiger partial charge in [0.15, 0.2) is 0 Å². The van der Waals surface area contributed by atoms with E-state index in [-0.39, 0.29) is 0 Å². The van der Waals surface area contributed by atoms with Gasteiger partial charge in [-0.25, -0.2) is 0 Å². The van der Waals surface area contributed by atoms with Crippen molar-refractivity contribution in [2.75, 3.05) is 20.0 Å². The van der Waals surface area contributed by atoms with Gasteiger partial charge in [0, 0.05) is 16.1 Å². The quantitative estimate of drug-likeness (QED) is 0.846.